The van der Waals surface area contributed by atoms with Crippen molar-refractivity contribution in [3.8, 4) is 0 Å². The number of hydrogen-bond acceptors (Lipinski definition) is 4. The summed E-state index contributed by atoms with van der Waals surface area (Å²) in [6.07, 6.45) is 3.23. The SMILES string of the molecule is O=C(Nc1cccc(Cl)c1)NC1CCN(C2CCS(=O)(=O)CC2)CC1. The topological polar surface area (TPSA) is 78.5 Å². The highest BCUT2D eigenvalue weighted by atomic mass is 35.5. The van der Waals surface area contributed by atoms with Gasteiger partial charge < -0.3 is 15.5 Å². The van der Waals surface area contributed by atoms with Gasteiger partial charge in [0.1, 0.15) is 9.84 Å². The second-order valence-corrected chi connectivity index (χ2v) is 9.54. The Morgan fingerprint density at radius 1 is 1.12 bits per heavy atom. The predicted octanol–water partition coefficient (Wildman–Crippen LogP) is 2.50. The lowest BCUT2D eigenvalue weighted by atomic mass is 10.0. The van der Waals surface area contributed by atoms with Crippen LogP contribution in [0.5, 0.6) is 0 Å². The average molecular weight is 386 g/mol. The summed E-state index contributed by atoms with van der Waals surface area (Å²) in [5.74, 6) is 0.607. The molecule has 8 heteroatoms. The van der Waals surface area contributed by atoms with Gasteiger partial charge in [-0.2, -0.15) is 0 Å². The third kappa shape index (κ3) is 5.33. The molecule has 1 aromatic rings. The van der Waals surface area contributed by atoms with Crippen LogP contribution in [-0.2, 0) is 9.84 Å². The van der Waals surface area contributed by atoms with E-state index in [2.05, 4.69) is 15.5 Å². The molecule has 0 atom stereocenters. The number of piperidine rings is 1. The number of nitrogens with one attached hydrogen (secondary N) is 2. The summed E-state index contributed by atoms with van der Waals surface area (Å²) in [5, 5.41) is 6.39. The number of halogens is 1. The summed E-state index contributed by atoms with van der Waals surface area (Å²) in [6.45, 7) is 1.79. The minimum atomic E-state index is -2.82. The molecule has 1 aromatic carbocycles. The highest BCUT2D eigenvalue weighted by Crippen LogP contribution is 2.22. The van der Waals surface area contributed by atoms with E-state index < -0.39 is 9.84 Å². The Morgan fingerprint density at radius 3 is 2.44 bits per heavy atom. The van der Waals surface area contributed by atoms with Crippen LogP contribution >= 0.6 is 11.6 Å². The molecule has 2 fully saturated rings. The van der Waals surface area contributed by atoms with Crippen molar-refractivity contribution >= 4 is 33.2 Å². The van der Waals surface area contributed by atoms with Crippen LogP contribution in [0.2, 0.25) is 5.02 Å². The van der Waals surface area contributed by atoms with Crippen LogP contribution in [-0.4, -0.2) is 56.0 Å². The van der Waals surface area contributed by atoms with Crippen molar-refractivity contribution in [1.29, 1.82) is 0 Å². The van der Waals surface area contributed by atoms with E-state index in [1.165, 1.54) is 0 Å². The van der Waals surface area contributed by atoms with E-state index >= 15 is 0 Å². The Hall–Kier alpha value is -1.31. The lowest BCUT2D eigenvalue weighted by Gasteiger charge is -2.39. The number of carbonyl (C=O) groups is 1. The second kappa shape index (κ2) is 7.93. The molecule has 25 heavy (non-hydrogen) atoms. The number of anilines is 1. The number of carbonyl (C=O) groups excluding carboxylic acids is 1. The molecule has 2 saturated heterocycles. The van der Waals surface area contributed by atoms with Crippen molar-refractivity contribution < 1.29 is 13.2 Å². The summed E-state index contributed by atoms with van der Waals surface area (Å²) in [5.41, 5.74) is 0.672. The molecule has 0 bridgehead atoms. The largest absolute Gasteiger partial charge is 0.335 e. The van der Waals surface area contributed by atoms with Gasteiger partial charge in [0, 0.05) is 35.9 Å². The van der Waals surface area contributed by atoms with E-state index in [0.717, 1.165) is 38.8 Å². The number of rotatable bonds is 3. The van der Waals surface area contributed by atoms with Crippen LogP contribution < -0.4 is 10.6 Å². The first-order chi connectivity index (χ1) is 11.9. The van der Waals surface area contributed by atoms with Crippen LogP contribution in [0.1, 0.15) is 25.7 Å². The minimum Gasteiger partial charge on any atom is -0.335 e. The van der Waals surface area contributed by atoms with Gasteiger partial charge >= 0.3 is 6.03 Å². The molecule has 0 unspecified atom stereocenters. The van der Waals surface area contributed by atoms with Gasteiger partial charge in [0.15, 0.2) is 0 Å². The number of sulfone groups is 1. The zero-order chi connectivity index (χ0) is 17.9. The van der Waals surface area contributed by atoms with Crippen LogP contribution in [0.15, 0.2) is 24.3 Å². The van der Waals surface area contributed by atoms with Crippen molar-refractivity contribution in [2.45, 2.75) is 37.8 Å². The first-order valence-electron chi connectivity index (χ1n) is 8.69. The summed E-state index contributed by atoms with van der Waals surface area (Å²) in [4.78, 5) is 14.5. The van der Waals surface area contributed by atoms with Crippen molar-refractivity contribution in [3.63, 3.8) is 0 Å². The fraction of sp³-hybridized carbons (Fsp3) is 0.588. The van der Waals surface area contributed by atoms with Crippen LogP contribution in [0.3, 0.4) is 0 Å². The Kier molecular flexibility index (Phi) is 5.86. The van der Waals surface area contributed by atoms with E-state index in [1.807, 2.05) is 0 Å². The Bertz CT molecular complexity index is 704. The lowest BCUT2D eigenvalue weighted by molar-refractivity contribution is 0.136. The van der Waals surface area contributed by atoms with Gasteiger partial charge in [0.25, 0.3) is 0 Å². The third-order valence-electron chi connectivity index (χ3n) is 4.99. The van der Waals surface area contributed by atoms with E-state index in [4.69, 9.17) is 11.6 Å². The monoisotopic (exact) mass is 385 g/mol. The van der Waals surface area contributed by atoms with Crippen molar-refractivity contribution in [1.82, 2.24) is 10.2 Å². The molecule has 3 rings (SSSR count). The maximum atomic E-state index is 12.1. The fourth-order valence-corrected chi connectivity index (χ4v) is 5.23. The number of urea groups is 1. The standard InChI is InChI=1S/C17H24ClN3O3S/c18-13-2-1-3-15(12-13)20-17(22)19-14-4-8-21(9-5-14)16-6-10-25(23,24)11-7-16/h1-3,12,14,16H,4-11H2,(H2,19,20,22). The third-order valence-corrected chi connectivity index (χ3v) is 6.94. The molecule has 2 amide bonds. The van der Waals surface area contributed by atoms with Gasteiger partial charge in [-0.3, -0.25) is 0 Å². The average Bonchev–Trinajstić information content (AvgIpc) is 2.56. The molecule has 2 heterocycles. The van der Waals surface area contributed by atoms with Gasteiger partial charge in [-0.1, -0.05) is 17.7 Å². The molecule has 2 aliphatic heterocycles. The fourth-order valence-electron chi connectivity index (χ4n) is 3.57. The number of likely N-dealkylation sites (tertiary alicyclic amines) is 1. The van der Waals surface area contributed by atoms with E-state index in [9.17, 15) is 13.2 Å². The zero-order valence-electron chi connectivity index (χ0n) is 14.1. The van der Waals surface area contributed by atoms with Crippen LogP contribution in [0, 0.1) is 0 Å². The molecule has 0 aromatic heterocycles. The first-order valence-corrected chi connectivity index (χ1v) is 10.9. The quantitative estimate of drug-likeness (QED) is 0.837. The van der Waals surface area contributed by atoms with Crippen LogP contribution in [0.25, 0.3) is 0 Å². The zero-order valence-corrected chi connectivity index (χ0v) is 15.7. The normalized spacial score (nSPS) is 22.4. The highest BCUT2D eigenvalue weighted by Gasteiger charge is 2.30. The number of hydrogen-bond donors (Lipinski definition) is 2. The van der Waals surface area contributed by atoms with Gasteiger partial charge in [-0.15, -0.1) is 0 Å². The smallest absolute Gasteiger partial charge is 0.319 e. The van der Waals surface area contributed by atoms with E-state index in [1.54, 1.807) is 24.3 Å². The Labute approximate surface area is 153 Å². The molecule has 0 aliphatic carbocycles. The highest BCUT2D eigenvalue weighted by molar-refractivity contribution is 7.91. The summed E-state index contributed by atoms with van der Waals surface area (Å²) in [7, 11) is -2.82. The molecule has 6 nitrogen and oxygen atoms in total. The van der Waals surface area contributed by atoms with Crippen molar-refractivity contribution in [3.05, 3.63) is 29.3 Å². The molecular formula is C17H24ClN3O3S. The van der Waals surface area contributed by atoms with Gasteiger partial charge in [-0.25, -0.2) is 13.2 Å². The molecule has 2 aliphatic rings. The number of nitrogens with zero attached hydrogens (tertiary/aromatic N) is 1. The Morgan fingerprint density at radius 2 is 1.80 bits per heavy atom. The molecule has 2 N–H and O–H groups in total. The second-order valence-electron chi connectivity index (χ2n) is 6.80. The van der Waals surface area contributed by atoms with Crippen molar-refractivity contribution in [2.75, 3.05) is 29.9 Å². The molecule has 0 radical (unpaired) electrons. The van der Waals surface area contributed by atoms with E-state index in [-0.39, 0.29) is 12.1 Å². The van der Waals surface area contributed by atoms with E-state index in [0.29, 0.717) is 28.3 Å². The maximum Gasteiger partial charge on any atom is 0.319 e. The number of benzene rings is 1. The minimum absolute atomic E-state index is 0.141. The molecular weight excluding hydrogens is 362 g/mol. The maximum absolute atomic E-state index is 12.1. The number of amides is 2. The summed E-state index contributed by atoms with van der Waals surface area (Å²) in [6, 6.07) is 7.35. The first kappa shape index (κ1) is 18.5. The molecule has 0 spiro atoms. The van der Waals surface area contributed by atoms with Crippen LogP contribution in [0.4, 0.5) is 10.5 Å². The van der Waals surface area contributed by atoms with Gasteiger partial charge in [-0.05, 0) is 43.9 Å². The summed E-state index contributed by atoms with van der Waals surface area (Å²) >= 11 is 5.91. The summed E-state index contributed by atoms with van der Waals surface area (Å²) < 4.78 is 23.1. The molecule has 0 saturated carbocycles. The van der Waals surface area contributed by atoms with Crippen molar-refractivity contribution in [2.24, 2.45) is 0 Å². The van der Waals surface area contributed by atoms with Gasteiger partial charge in [0.2, 0.25) is 0 Å². The predicted molar refractivity (Wildman–Crippen MR) is 99.9 cm³/mol. The Balaban J connectivity index is 1.42. The molecule has 138 valence electrons. The van der Waals surface area contributed by atoms with Gasteiger partial charge in [0.05, 0.1) is 11.5 Å². The lowest BCUT2D eigenvalue weighted by Crippen LogP contribution is -2.50.